The highest BCUT2D eigenvalue weighted by atomic mass is 16.5. The predicted molar refractivity (Wildman–Crippen MR) is 71.6 cm³/mol. The van der Waals surface area contributed by atoms with E-state index in [1.807, 2.05) is 0 Å². The Bertz CT molecular complexity index is 405. The molecule has 0 radical (unpaired) electrons. The first-order valence-electron chi connectivity index (χ1n) is 6.46. The third-order valence-electron chi connectivity index (χ3n) is 4.07. The van der Waals surface area contributed by atoms with Gasteiger partial charge in [-0.25, -0.2) is 0 Å². The Labute approximate surface area is 104 Å². The first-order valence-corrected chi connectivity index (χ1v) is 6.46. The lowest BCUT2D eigenvalue weighted by Crippen LogP contribution is -2.32. The van der Waals surface area contributed by atoms with Crippen molar-refractivity contribution in [1.82, 2.24) is 0 Å². The van der Waals surface area contributed by atoms with E-state index in [0.29, 0.717) is 5.92 Å². The first kappa shape index (κ1) is 12.4. The van der Waals surface area contributed by atoms with Crippen molar-refractivity contribution in [2.75, 3.05) is 7.11 Å². The number of ether oxygens (including phenoxy) is 1. The molecule has 2 N–H and O–H groups in total. The monoisotopic (exact) mass is 233 g/mol. The third kappa shape index (κ3) is 1.95. The molecule has 0 aliphatic heterocycles. The van der Waals surface area contributed by atoms with Gasteiger partial charge in [0.15, 0.2) is 0 Å². The van der Waals surface area contributed by atoms with E-state index >= 15 is 0 Å². The maximum absolute atomic E-state index is 6.16. The zero-order chi connectivity index (χ0) is 12.6. The number of para-hydroxylation sites is 1. The second kappa shape index (κ2) is 4.34. The molecule has 1 atom stereocenters. The van der Waals surface area contributed by atoms with Crippen LogP contribution in [0.3, 0.4) is 0 Å². The molecule has 0 spiro atoms. The van der Waals surface area contributed by atoms with Crippen LogP contribution in [0.4, 0.5) is 0 Å². The average molecular weight is 233 g/mol. The standard InChI is InChI=1S/C15H23NO/c1-10(2)12-6-5-7-13(14(12)17-4)15(8-9-15)11(3)16/h5-7,10-11H,8-9,16H2,1-4H3. The molecular formula is C15H23NO. The van der Waals surface area contributed by atoms with E-state index in [1.54, 1.807) is 7.11 Å². The third-order valence-corrected chi connectivity index (χ3v) is 4.07. The van der Waals surface area contributed by atoms with Gasteiger partial charge >= 0.3 is 0 Å². The van der Waals surface area contributed by atoms with Crippen LogP contribution in [0.1, 0.15) is 50.7 Å². The summed E-state index contributed by atoms with van der Waals surface area (Å²) in [5.74, 6) is 1.53. The molecule has 1 aromatic carbocycles. The highest BCUT2D eigenvalue weighted by molar-refractivity contribution is 5.50. The molecule has 1 aromatic rings. The summed E-state index contributed by atoms with van der Waals surface area (Å²) in [5, 5.41) is 0. The molecule has 1 aliphatic rings. The quantitative estimate of drug-likeness (QED) is 0.866. The molecule has 17 heavy (non-hydrogen) atoms. The van der Waals surface area contributed by atoms with Gasteiger partial charge in [-0.05, 0) is 31.2 Å². The average Bonchev–Trinajstić information content (AvgIpc) is 3.08. The molecule has 2 heteroatoms. The first-order chi connectivity index (χ1) is 8.03. The maximum Gasteiger partial charge on any atom is 0.126 e. The maximum atomic E-state index is 6.16. The van der Waals surface area contributed by atoms with E-state index in [9.17, 15) is 0 Å². The lowest BCUT2D eigenvalue weighted by Gasteiger charge is -2.25. The van der Waals surface area contributed by atoms with Crippen molar-refractivity contribution in [3.05, 3.63) is 29.3 Å². The summed E-state index contributed by atoms with van der Waals surface area (Å²) >= 11 is 0. The van der Waals surface area contributed by atoms with Gasteiger partial charge in [-0.2, -0.15) is 0 Å². The van der Waals surface area contributed by atoms with Crippen molar-refractivity contribution in [2.45, 2.75) is 51.0 Å². The second-order valence-corrected chi connectivity index (χ2v) is 5.53. The summed E-state index contributed by atoms with van der Waals surface area (Å²) in [6.45, 7) is 6.51. The zero-order valence-electron chi connectivity index (χ0n) is 11.3. The van der Waals surface area contributed by atoms with Crippen molar-refractivity contribution in [2.24, 2.45) is 5.73 Å². The molecule has 2 nitrogen and oxygen atoms in total. The summed E-state index contributed by atoms with van der Waals surface area (Å²) in [4.78, 5) is 0. The molecular weight excluding hydrogens is 210 g/mol. The van der Waals surface area contributed by atoms with Crippen LogP contribution in [-0.4, -0.2) is 13.2 Å². The van der Waals surface area contributed by atoms with E-state index in [0.717, 1.165) is 5.75 Å². The highest BCUT2D eigenvalue weighted by Gasteiger charge is 2.49. The second-order valence-electron chi connectivity index (χ2n) is 5.53. The zero-order valence-corrected chi connectivity index (χ0v) is 11.3. The fourth-order valence-corrected chi connectivity index (χ4v) is 2.73. The number of benzene rings is 1. The molecule has 1 fully saturated rings. The van der Waals surface area contributed by atoms with Gasteiger partial charge in [-0.15, -0.1) is 0 Å². The molecule has 2 rings (SSSR count). The van der Waals surface area contributed by atoms with E-state index in [4.69, 9.17) is 10.5 Å². The Morgan fingerprint density at radius 2 is 1.88 bits per heavy atom. The Kier molecular flexibility index (Phi) is 3.17. The van der Waals surface area contributed by atoms with Crippen molar-refractivity contribution in [3.63, 3.8) is 0 Å². The van der Waals surface area contributed by atoms with Gasteiger partial charge < -0.3 is 10.5 Å². The van der Waals surface area contributed by atoms with E-state index < -0.39 is 0 Å². The summed E-state index contributed by atoms with van der Waals surface area (Å²) in [6, 6.07) is 6.67. The van der Waals surface area contributed by atoms with E-state index in [1.165, 1.54) is 24.0 Å². The van der Waals surface area contributed by atoms with E-state index in [2.05, 4.69) is 39.0 Å². The van der Waals surface area contributed by atoms with Crippen LogP contribution in [0.25, 0.3) is 0 Å². The van der Waals surface area contributed by atoms with Crippen LogP contribution in [-0.2, 0) is 5.41 Å². The summed E-state index contributed by atoms with van der Waals surface area (Å²) in [6.07, 6.45) is 2.37. The van der Waals surface area contributed by atoms with Crippen LogP contribution >= 0.6 is 0 Å². The number of rotatable bonds is 4. The molecule has 0 saturated heterocycles. The summed E-state index contributed by atoms with van der Waals surface area (Å²) < 4.78 is 5.66. The van der Waals surface area contributed by atoms with Gasteiger partial charge in [0.05, 0.1) is 7.11 Å². The fourth-order valence-electron chi connectivity index (χ4n) is 2.73. The SMILES string of the molecule is COc1c(C(C)C)cccc1C1(C(C)N)CC1. The van der Waals surface area contributed by atoms with Gasteiger partial charge in [0.25, 0.3) is 0 Å². The molecule has 0 amide bonds. The van der Waals surface area contributed by atoms with Crippen molar-refractivity contribution in [1.29, 1.82) is 0 Å². The Morgan fingerprint density at radius 1 is 1.24 bits per heavy atom. The van der Waals surface area contributed by atoms with Crippen molar-refractivity contribution < 1.29 is 4.74 Å². The molecule has 1 unspecified atom stereocenters. The van der Waals surface area contributed by atoms with Crippen LogP contribution < -0.4 is 10.5 Å². The minimum atomic E-state index is 0.163. The normalized spacial score (nSPS) is 19.2. The number of hydrogen-bond donors (Lipinski definition) is 1. The lowest BCUT2D eigenvalue weighted by atomic mass is 9.86. The summed E-state index contributed by atoms with van der Waals surface area (Å²) in [5.41, 5.74) is 8.92. The van der Waals surface area contributed by atoms with Gasteiger partial charge in [0, 0.05) is 17.0 Å². The smallest absolute Gasteiger partial charge is 0.126 e. The van der Waals surface area contributed by atoms with Crippen LogP contribution in [0.2, 0.25) is 0 Å². The van der Waals surface area contributed by atoms with Gasteiger partial charge in [-0.1, -0.05) is 32.0 Å². The van der Waals surface area contributed by atoms with Crippen LogP contribution in [0.5, 0.6) is 5.75 Å². The lowest BCUT2D eigenvalue weighted by molar-refractivity contribution is 0.391. The number of hydrogen-bond acceptors (Lipinski definition) is 2. The largest absolute Gasteiger partial charge is 0.496 e. The Hall–Kier alpha value is -1.02. The van der Waals surface area contributed by atoms with Crippen molar-refractivity contribution >= 4 is 0 Å². The molecule has 0 aromatic heterocycles. The van der Waals surface area contributed by atoms with Gasteiger partial charge in [0.2, 0.25) is 0 Å². The van der Waals surface area contributed by atoms with Crippen LogP contribution in [0, 0.1) is 0 Å². The minimum Gasteiger partial charge on any atom is -0.496 e. The molecule has 1 saturated carbocycles. The predicted octanol–water partition coefficient (Wildman–Crippen LogP) is 3.20. The highest BCUT2D eigenvalue weighted by Crippen LogP contribution is 2.54. The van der Waals surface area contributed by atoms with Gasteiger partial charge in [-0.3, -0.25) is 0 Å². The van der Waals surface area contributed by atoms with E-state index in [-0.39, 0.29) is 11.5 Å². The fraction of sp³-hybridized carbons (Fsp3) is 0.600. The van der Waals surface area contributed by atoms with Crippen LogP contribution in [0.15, 0.2) is 18.2 Å². The van der Waals surface area contributed by atoms with Crippen molar-refractivity contribution in [3.8, 4) is 5.75 Å². The van der Waals surface area contributed by atoms with Gasteiger partial charge in [0.1, 0.15) is 5.75 Å². The Balaban J connectivity index is 2.51. The molecule has 0 bridgehead atoms. The molecule has 94 valence electrons. The molecule has 1 aliphatic carbocycles. The molecule has 0 heterocycles. The number of nitrogens with two attached hydrogens (primary N) is 1. The topological polar surface area (TPSA) is 35.2 Å². The number of methoxy groups -OCH3 is 1. The Morgan fingerprint density at radius 3 is 2.29 bits per heavy atom. The summed E-state index contributed by atoms with van der Waals surface area (Å²) in [7, 11) is 1.77. The minimum absolute atomic E-state index is 0.163.